The minimum absolute atomic E-state index is 0.0133. The van der Waals surface area contributed by atoms with Gasteiger partial charge in [-0.2, -0.15) is 0 Å². The van der Waals surface area contributed by atoms with Crippen molar-refractivity contribution in [1.82, 2.24) is 5.32 Å². The predicted octanol–water partition coefficient (Wildman–Crippen LogP) is 22.5. The molecule has 0 aliphatic carbocycles. The molecule has 0 heterocycles. The number of aliphatic hydroxyl groups is 1. The number of aliphatic hydroxyl groups excluding tert-OH is 1. The number of likely N-dealkylation sites (N-methyl/N-ethyl adjacent to an activating group) is 1. The predicted molar refractivity (Wildman–Crippen MR) is 380 cm³/mol. The van der Waals surface area contributed by atoms with Crippen LogP contribution in [-0.4, -0.2) is 68.5 Å². The second-order valence-corrected chi connectivity index (χ2v) is 26.3. The third kappa shape index (κ3) is 69.7. The van der Waals surface area contributed by atoms with Crippen LogP contribution in [0.1, 0.15) is 290 Å². The number of nitrogens with zero attached hydrogens (tertiary/aromatic N) is 1. The first-order chi connectivity index (χ1) is 42.5. The van der Waals surface area contributed by atoms with Gasteiger partial charge < -0.3 is 28.8 Å². The number of phosphoric ester groups is 1. The van der Waals surface area contributed by atoms with E-state index < -0.39 is 26.6 Å². The molecule has 0 spiro atoms. The van der Waals surface area contributed by atoms with Crippen LogP contribution in [0.2, 0.25) is 0 Å². The van der Waals surface area contributed by atoms with Gasteiger partial charge in [0.25, 0.3) is 7.82 Å². The molecule has 0 bridgehead atoms. The summed E-state index contributed by atoms with van der Waals surface area (Å²) in [6.07, 6.45) is 103. The average Bonchev–Trinajstić information content (AvgIpc) is 3.71. The van der Waals surface area contributed by atoms with Crippen molar-refractivity contribution < 1.29 is 32.9 Å². The highest BCUT2D eigenvalue weighted by molar-refractivity contribution is 7.45. The van der Waals surface area contributed by atoms with Crippen LogP contribution in [-0.2, 0) is 18.4 Å². The Morgan fingerprint density at radius 2 is 0.713 bits per heavy atom. The highest BCUT2D eigenvalue weighted by Crippen LogP contribution is 2.38. The molecular formula is C78H135N2O6P. The minimum atomic E-state index is -4.62. The third-order valence-corrected chi connectivity index (χ3v) is 16.2. The summed E-state index contributed by atoms with van der Waals surface area (Å²) in [4.78, 5) is 25.6. The Balaban J connectivity index is 4.14. The Bertz CT molecular complexity index is 1930. The van der Waals surface area contributed by atoms with E-state index in [1.807, 2.05) is 27.2 Å². The van der Waals surface area contributed by atoms with Crippen LogP contribution in [0.25, 0.3) is 0 Å². The molecule has 1 amide bonds. The van der Waals surface area contributed by atoms with Crippen LogP contribution in [0.4, 0.5) is 0 Å². The molecule has 0 fully saturated rings. The lowest BCUT2D eigenvalue weighted by molar-refractivity contribution is -0.870. The monoisotopic (exact) mass is 1230 g/mol. The van der Waals surface area contributed by atoms with Crippen LogP contribution in [0, 0.1) is 0 Å². The molecular weight excluding hydrogens is 1090 g/mol. The van der Waals surface area contributed by atoms with Crippen LogP contribution >= 0.6 is 7.82 Å². The first-order valence-electron chi connectivity index (χ1n) is 35.7. The van der Waals surface area contributed by atoms with Crippen molar-refractivity contribution in [2.75, 3.05) is 40.9 Å². The number of hydrogen-bond acceptors (Lipinski definition) is 6. The van der Waals surface area contributed by atoms with Crippen LogP contribution < -0.4 is 10.2 Å². The summed E-state index contributed by atoms with van der Waals surface area (Å²) in [5.74, 6) is -0.215. The van der Waals surface area contributed by atoms with Gasteiger partial charge in [-0.3, -0.25) is 9.36 Å². The molecule has 498 valence electrons. The summed E-state index contributed by atoms with van der Waals surface area (Å²) >= 11 is 0. The molecule has 0 radical (unpaired) electrons. The van der Waals surface area contributed by atoms with Gasteiger partial charge in [0.15, 0.2) is 0 Å². The Morgan fingerprint density at radius 3 is 1.07 bits per heavy atom. The van der Waals surface area contributed by atoms with E-state index in [1.165, 1.54) is 154 Å². The van der Waals surface area contributed by atoms with Gasteiger partial charge in [0.05, 0.1) is 39.9 Å². The minimum Gasteiger partial charge on any atom is -0.756 e. The Hall–Kier alpha value is -3.62. The lowest BCUT2D eigenvalue weighted by Gasteiger charge is -2.29. The summed E-state index contributed by atoms with van der Waals surface area (Å²) in [5, 5.41) is 13.9. The van der Waals surface area contributed by atoms with Crippen molar-refractivity contribution in [1.29, 1.82) is 0 Å². The summed E-state index contributed by atoms with van der Waals surface area (Å²) in [6, 6.07) is -0.917. The van der Waals surface area contributed by atoms with Gasteiger partial charge >= 0.3 is 0 Å². The highest BCUT2D eigenvalue weighted by Gasteiger charge is 2.23. The molecule has 0 aliphatic rings. The number of amides is 1. The van der Waals surface area contributed by atoms with Gasteiger partial charge in [0.1, 0.15) is 13.2 Å². The van der Waals surface area contributed by atoms with Gasteiger partial charge in [-0.05, 0) is 109 Å². The number of unbranched alkanes of at least 4 members (excludes halogenated alkanes) is 29. The molecule has 87 heavy (non-hydrogen) atoms. The molecule has 0 aromatic carbocycles. The second kappa shape index (κ2) is 66.8. The maximum absolute atomic E-state index is 13.0. The first-order valence-corrected chi connectivity index (χ1v) is 37.2. The molecule has 0 saturated carbocycles. The van der Waals surface area contributed by atoms with E-state index in [-0.39, 0.29) is 12.5 Å². The largest absolute Gasteiger partial charge is 0.756 e. The fourth-order valence-corrected chi connectivity index (χ4v) is 10.5. The van der Waals surface area contributed by atoms with Gasteiger partial charge in [0, 0.05) is 6.42 Å². The lowest BCUT2D eigenvalue weighted by Crippen LogP contribution is -2.45. The van der Waals surface area contributed by atoms with E-state index in [0.29, 0.717) is 17.4 Å². The van der Waals surface area contributed by atoms with E-state index in [9.17, 15) is 19.4 Å². The molecule has 0 aromatic rings. The van der Waals surface area contributed by atoms with Crippen molar-refractivity contribution in [3.8, 4) is 0 Å². The lowest BCUT2D eigenvalue weighted by atomic mass is 10.0. The number of rotatable bonds is 64. The number of carbonyl (C=O) groups excluding carboxylic acids is 1. The van der Waals surface area contributed by atoms with E-state index in [0.717, 1.165) is 116 Å². The third-order valence-electron chi connectivity index (χ3n) is 15.3. The number of hydrogen-bond donors (Lipinski definition) is 2. The fraction of sp³-hybridized carbons (Fsp3) is 0.679. The molecule has 0 aliphatic heterocycles. The molecule has 3 unspecified atom stereocenters. The smallest absolute Gasteiger partial charge is 0.268 e. The zero-order chi connectivity index (χ0) is 63.4. The second-order valence-electron chi connectivity index (χ2n) is 24.8. The van der Waals surface area contributed by atoms with E-state index in [1.54, 1.807) is 6.08 Å². The summed E-state index contributed by atoms with van der Waals surface area (Å²) < 4.78 is 23.4. The van der Waals surface area contributed by atoms with Crippen molar-refractivity contribution in [3.63, 3.8) is 0 Å². The number of quaternary nitrogens is 1. The Labute approximate surface area is 538 Å². The van der Waals surface area contributed by atoms with Gasteiger partial charge in [-0.1, -0.05) is 320 Å². The molecule has 9 heteroatoms. The fourth-order valence-electron chi connectivity index (χ4n) is 9.79. The topological polar surface area (TPSA) is 108 Å². The quantitative estimate of drug-likeness (QED) is 0.0272. The highest BCUT2D eigenvalue weighted by atomic mass is 31.2. The molecule has 2 N–H and O–H groups in total. The van der Waals surface area contributed by atoms with Crippen LogP contribution in [0.3, 0.4) is 0 Å². The number of allylic oxidation sites excluding steroid dienone is 23. The van der Waals surface area contributed by atoms with E-state index in [2.05, 4.69) is 153 Å². The SMILES string of the molecule is CC/C=C\C/C=C\C/C=C\C/C=C\C/C=C\C/C=C\C/C=C\C/C=C\C/C=C\C/C=C\CCCCCCCCCCCCC(=O)NC(COP(=O)([O-])OCC[N+](C)(C)C)C(O)/C=C/CC/C=C/CCCCCCCCCCCCCCCCCCCC. The van der Waals surface area contributed by atoms with Crippen LogP contribution in [0.15, 0.2) is 146 Å². The zero-order valence-corrected chi connectivity index (χ0v) is 57.8. The zero-order valence-electron chi connectivity index (χ0n) is 56.9. The van der Waals surface area contributed by atoms with Gasteiger partial charge in [-0.15, -0.1) is 0 Å². The molecule has 8 nitrogen and oxygen atoms in total. The number of carbonyl (C=O) groups is 1. The summed E-state index contributed by atoms with van der Waals surface area (Å²) in [7, 11) is 1.23. The van der Waals surface area contributed by atoms with Crippen molar-refractivity contribution in [2.24, 2.45) is 0 Å². The number of phosphoric acid groups is 1. The average molecular weight is 1230 g/mol. The first kappa shape index (κ1) is 83.4. The molecule has 3 atom stereocenters. The van der Waals surface area contributed by atoms with Crippen molar-refractivity contribution >= 4 is 13.7 Å². The van der Waals surface area contributed by atoms with Crippen molar-refractivity contribution in [2.45, 2.75) is 302 Å². The Morgan fingerprint density at radius 1 is 0.414 bits per heavy atom. The normalized spacial score (nSPS) is 14.5. The summed E-state index contributed by atoms with van der Waals surface area (Å²) in [5.41, 5.74) is 0. The summed E-state index contributed by atoms with van der Waals surface area (Å²) in [6.45, 7) is 4.52. The van der Waals surface area contributed by atoms with Crippen molar-refractivity contribution in [3.05, 3.63) is 146 Å². The van der Waals surface area contributed by atoms with Gasteiger partial charge in [0.2, 0.25) is 5.91 Å². The van der Waals surface area contributed by atoms with E-state index in [4.69, 9.17) is 9.05 Å². The standard InChI is InChI=1S/C78H135N2O6P/c1-6-8-10-12-14-16-18-20-22-24-26-28-30-32-33-34-35-36-37-38-39-40-41-42-43-44-45-46-47-48-50-52-54-56-58-60-62-64-66-68-70-72-78(82)79-76(75-86-87(83,84)85-74-73-80(3,4)5)77(81)71-69-67-65-63-61-59-57-55-53-51-49-31-29-27-25-23-21-19-17-15-13-11-9-7-2/h8,10,14,16,20,22,26,28,32-33,35-36,38-39,41-42,44-45,47-48,61,63,69,71,76-77,81H,6-7,9,11-13,15,17-19,21,23-25,27,29-31,34,37,40,43,46,49-60,62,64-68,70,72-75H2,1-5H3,(H-,79,82,83,84)/b10-8-,16-14-,22-20-,28-26-,33-32-,36-35-,39-38-,42-41-,45-44-,48-47-,63-61+,71-69+. The maximum Gasteiger partial charge on any atom is 0.268 e. The molecule has 0 saturated heterocycles. The van der Waals surface area contributed by atoms with E-state index >= 15 is 0 Å². The molecule has 0 aromatic heterocycles. The maximum atomic E-state index is 13.0. The van der Waals surface area contributed by atoms with Crippen LogP contribution in [0.5, 0.6) is 0 Å². The van der Waals surface area contributed by atoms with Gasteiger partial charge in [-0.25, -0.2) is 0 Å². The molecule has 0 rings (SSSR count). The number of nitrogens with one attached hydrogen (secondary N) is 1. The Kier molecular flexibility index (Phi) is 64.0.